The summed E-state index contributed by atoms with van der Waals surface area (Å²) in [6, 6.07) is 5.39. The molecule has 1 atom stereocenters. The highest BCUT2D eigenvalue weighted by molar-refractivity contribution is 9.10. The molecule has 96 valence electrons. The molecule has 2 N–H and O–H groups in total. The average molecular weight is 323 g/mol. The molecule has 0 saturated heterocycles. The predicted octanol–water partition coefficient (Wildman–Crippen LogP) is 2.84. The zero-order chi connectivity index (χ0) is 12.7. The monoisotopic (exact) mass is 321 g/mol. The first-order chi connectivity index (χ1) is 8.13. The lowest BCUT2D eigenvalue weighted by Crippen LogP contribution is -2.31. The Bertz CT molecular complexity index is 349. The number of benzene rings is 1. The molecule has 0 aromatic heterocycles. The van der Waals surface area contributed by atoms with Gasteiger partial charge in [-0.3, -0.25) is 0 Å². The van der Waals surface area contributed by atoms with E-state index in [9.17, 15) is 5.11 Å². The van der Waals surface area contributed by atoms with Crippen molar-refractivity contribution in [2.45, 2.75) is 19.4 Å². The van der Waals surface area contributed by atoms with Crippen molar-refractivity contribution >= 4 is 27.5 Å². The van der Waals surface area contributed by atoms with Crippen LogP contribution in [0.5, 0.6) is 5.75 Å². The number of hydrogen-bond acceptors (Lipinski definition) is 3. The molecule has 1 aromatic carbocycles. The van der Waals surface area contributed by atoms with Gasteiger partial charge in [0, 0.05) is 11.0 Å². The minimum Gasteiger partial charge on any atom is -0.489 e. The number of hydrogen-bond donors (Lipinski definition) is 2. The van der Waals surface area contributed by atoms with Gasteiger partial charge in [0.1, 0.15) is 18.5 Å². The van der Waals surface area contributed by atoms with Crippen LogP contribution in [0.25, 0.3) is 0 Å². The highest BCUT2D eigenvalue weighted by Gasteiger charge is 2.07. The van der Waals surface area contributed by atoms with Gasteiger partial charge in [0.05, 0.1) is 5.02 Å². The Morgan fingerprint density at radius 1 is 1.53 bits per heavy atom. The maximum Gasteiger partial charge on any atom is 0.138 e. The summed E-state index contributed by atoms with van der Waals surface area (Å²) >= 11 is 9.31. The summed E-state index contributed by atoms with van der Waals surface area (Å²) in [4.78, 5) is 0. The van der Waals surface area contributed by atoms with Crippen LogP contribution >= 0.6 is 27.5 Å². The van der Waals surface area contributed by atoms with Crippen LogP contribution in [0.4, 0.5) is 0 Å². The van der Waals surface area contributed by atoms with Gasteiger partial charge in [-0.1, -0.05) is 34.5 Å². The second-order valence-electron chi connectivity index (χ2n) is 3.74. The van der Waals surface area contributed by atoms with Crippen molar-refractivity contribution in [3.05, 3.63) is 27.7 Å². The summed E-state index contributed by atoms with van der Waals surface area (Å²) in [5.41, 5.74) is 0. The molecule has 0 amide bonds. The van der Waals surface area contributed by atoms with Crippen molar-refractivity contribution in [1.29, 1.82) is 0 Å². The smallest absolute Gasteiger partial charge is 0.138 e. The third-order valence-electron chi connectivity index (χ3n) is 2.13. The quantitative estimate of drug-likeness (QED) is 0.759. The van der Waals surface area contributed by atoms with E-state index in [-0.39, 0.29) is 6.61 Å². The zero-order valence-corrected chi connectivity index (χ0v) is 12.1. The van der Waals surface area contributed by atoms with E-state index in [0.717, 1.165) is 17.4 Å². The molecule has 1 aromatic rings. The maximum atomic E-state index is 9.64. The lowest BCUT2D eigenvalue weighted by atomic mass is 10.3. The van der Waals surface area contributed by atoms with Crippen LogP contribution in [0.3, 0.4) is 0 Å². The summed E-state index contributed by atoms with van der Waals surface area (Å²) in [6.45, 7) is 3.74. The minimum atomic E-state index is -0.527. The first-order valence-electron chi connectivity index (χ1n) is 5.60. The second-order valence-corrected chi connectivity index (χ2v) is 5.07. The van der Waals surface area contributed by atoms with Crippen LogP contribution in [-0.4, -0.2) is 30.9 Å². The van der Waals surface area contributed by atoms with E-state index in [2.05, 4.69) is 28.2 Å². The number of ether oxygens (including phenoxy) is 1. The Morgan fingerprint density at radius 3 is 2.94 bits per heavy atom. The van der Waals surface area contributed by atoms with Gasteiger partial charge in [0.2, 0.25) is 0 Å². The summed E-state index contributed by atoms with van der Waals surface area (Å²) in [5.74, 6) is 0.587. The molecule has 0 bridgehead atoms. The Balaban J connectivity index is 2.34. The normalized spacial score (nSPS) is 12.5. The van der Waals surface area contributed by atoms with Crippen molar-refractivity contribution in [2.75, 3.05) is 19.7 Å². The topological polar surface area (TPSA) is 41.5 Å². The molecule has 5 heteroatoms. The van der Waals surface area contributed by atoms with Crippen LogP contribution in [0, 0.1) is 0 Å². The van der Waals surface area contributed by atoms with E-state index in [1.54, 1.807) is 12.1 Å². The van der Waals surface area contributed by atoms with E-state index in [1.165, 1.54) is 0 Å². The largest absolute Gasteiger partial charge is 0.489 e. The van der Waals surface area contributed by atoms with Crippen LogP contribution in [0.15, 0.2) is 22.7 Å². The van der Waals surface area contributed by atoms with Gasteiger partial charge in [-0.2, -0.15) is 0 Å². The number of aliphatic hydroxyl groups excluding tert-OH is 1. The lowest BCUT2D eigenvalue weighted by Gasteiger charge is -2.13. The van der Waals surface area contributed by atoms with Gasteiger partial charge >= 0.3 is 0 Å². The van der Waals surface area contributed by atoms with E-state index in [1.807, 2.05) is 6.07 Å². The molecule has 0 aliphatic rings. The molecule has 0 radical (unpaired) electrons. The zero-order valence-electron chi connectivity index (χ0n) is 9.75. The Morgan fingerprint density at radius 2 is 2.29 bits per heavy atom. The molecule has 0 saturated carbocycles. The molecule has 0 spiro atoms. The van der Waals surface area contributed by atoms with Gasteiger partial charge in [-0.05, 0) is 31.2 Å². The molecule has 1 unspecified atom stereocenters. The first-order valence-corrected chi connectivity index (χ1v) is 6.77. The SMILES string of the molecule is CCCNCC(O)COc1ccc(Br)cc1Cl. The van der Waals surface area contributed by atoms with Gasteiger partial charge in [-0.25, -0.2) is 0 Å². The maximum absolute atomic E-state index is 9.64. The third kappa shape index (κ3) is 5.73. The van der Waals surface area contributed by atoms with E-state index < -0.39 is 6.10 Å². The number of rotatable bonds is 7. The van der Waals surface area contributed by atoms with Crippen molar-refractivity contribution in [3.8, 4) is 5.75 Å². The highest BCUT2D eigenvalue weighted by Crippen LogP contribution is 2.27. The average Bonchev–Trinajstić information content (AvgIpc) is 2.28. The first kappa shape index (κ1) is 14.8. The Kier molecular flexibility index (Phi) is 6.89. The van der Waals surface area contributed by atoms with Crippen LogP contribution in [0.1, 0.15) is 13.3 Å². The van der Waals surface area contributed by atoms with Crippen molar-refractivity contribution < 1.29 is 9.84 Å². The third-order valence-corrected chi connectivity index (χ3v) is 2.92. The fraction of sp³-hybridized carbons (Fsp3) is 0.500. The van der Waals surface area contributed by atoms with E-state index in [0.29, 0.717) is 17.3 Å². The van der Waals surface area contributed by atoms with Crippen molar-refractivity contribution in [2.24, 2.45) is 0 Å². The van der Waals surface area contributed by atoms with Crippen LogP contribution in [0.2, 0.25) is 5.02 Å². The molecule has 3 nitrogen and oxygen atoms in total. The Labute approximate surface area is 115 Å². The van der Waals surface area contributed by atoms with Gasteiger partial charge < -0.3 is 15.2 Å². The summed E-state index contributed by atoms with van der Waals surface area (Å²) < 4.78 is 6.34. The summed E-state index contributed by atoms with van der Waals surface area (Å²) in [7, 11) is 0. The second kappa shape index (κ2) is 7.93. The highest BCUT2D eigenvalue weighted by atomic mass is 79.9. The predicted molar refractivity (Wildman–Crippen MR) is 73.8 cm³/mol. The fourth-order valence-corrected chi connectivity index (χ4v) is 2.01. The van der Waals surface area contributed by atoms with Gasteiger partial charge in [0.15, 0.2) is 0 Å². The minimum absolute atomic E-state index is 0.234. The van der Waals surface area contributed by atoms with E-state index in [4.69, 9.17) is 16.3 Å². The number of halogens is 2. The van der Waals surface area contributed by atoms with Crippen LogP contribution in [-0.2, 0) is 0 Å². The van der Waals surface area contributed by atoms with E-state index >= 15 is 0 Å². The Hall–Kier alpha value is -0.290. The number of nitrogens with one attached hydrogen (secondary N) is 1. The van der Waals surface area contributed by atoms with Crippen molar-refractivity contribution in [3.63, 3.8) is 0 Å². The number of aliphatic hydroxyl groups is 1. The molecule has 0 aliphatic heterocycles. The summed E-state index contributed by atoms with van der Waals surface area (Å²) in [5, 5.41) is 13.3. The molecular weight excluding hydrogens is 305 g/mol. The molecule has 0 heterocycles. The molecule has 0 aliphatic carbocycles. The van der Waals surface area contributed by atoms with Crippen LogP contribution < -0.4 is 10.1 Å². The molecule has 17 heavy (non-hydrogen) atoms. The molecule has 0 fully saturated rings. The lowest BCUT2D eigenvalue weighted by molar-refractivity contribution is 0.106. The standard InChI is InChI=1S/C12H17BrClNO2/c1-2-5-15-7-10(16)8-17-12-4-3-9(13)6-11(12)14/h3-4,6,10,15-16H,2,5,7-8H2,1H3. The fourth-order valence-electron chi connectivity index (χ4n) is 1.28. The molecule has 1 rings (SSSR count). The molecular formula is C12H17BrClNO2. The van der Waals surface area contributed by atoms with Gasteiger partial charge in [-0.15, -0.1) is 0 Å². The van der Waals surface area contributed by atoms with Gasteiger partial charge in [0.25, 0.3) is 0 Å². The summed E-state index contributed by atoms with van der Waals surface area (Å²) in [6.07, 6.45) is 0.521. The van der Waals surface area contributed by atoms with Crippen molar-refractivity contribution in [1.82, 2.24) is 5.32 Å².